The van der Waals surface area contributed by atoms with Crippen molar-refractivity contribution in [2.45, 2.75) is 19.4 Å². The van der Waals surface area contributed by atoms with Gasteiger partial charge in [0.2, 0.25) is 0 Å². The molecule has 0 bridgehead atoms. The number of carbonyl (C=O) groups excluding carboxylic acids is 1. The average Bonchev–Trinajstić information content (AvgIpc) is 2.36. The fourth-order valence-electron chi connectivity index (χ4n) is 1.35. The molecule has 1 amide bonds. The number of benzene rings is 1. The number of hydrogen-bond donors (Lipinski definition) is 1. The van der Waals surface area contributed by atoms with Gasteiger partial charge in [-0.25, -0.2) is 4.39 Å². The van der Waals surface area contributed by atoms with Gasteiger partial charge in [0.05, 0.1) is 28.7 Å². The third-order valence-electron chi connectivity index (χ3n) is 2.99. The summed E-state index contributed by atoms with van der Waals surface area (Å²) < 4.78 is 13.7. The van der Waals surface area contributed by atoms with Crippen LogP contribution in [0.2, 0.25) is 0 Å². The van der Waals surface area contributed by atoms with Gasteiger partial charge in [0.1, 0.15) is 5.82 Å². The van der Waals surface area contributed by atoms with Crippen LogP contribution in [0.5, 0.6) is 0 Å². The van der Waals surface area contributed by atoms with E-state index in [0.717, 1.165) is 12.1 Å². The second-order valence-electron chi connectivity index (χ2n) is 4.76. The third-order valence-corrected chi connectivity index (χ3v) is 2.99. The molecule has 0 heterocycles. The Morgan fingerprint density at radius 3 is 2.53 bits per heavy atom. The SMILES string of the molecule is CN(C(=O)c1ccc([N+](=O)[O-])cc1F)C(C)(C)CO. The second-order valence-corrected chi connectivity index (χ2v) is 4.76. The van der Waals surface area contributed by atoms with Gasteiger partial charge >= 0.3 is 0 Å². The minimum absolute atomic E-state index is 0.269. The van der Waals surface area contributed by atoms with E-state index in [-0.39, 0.29) is 12.2 Å². The Morgan fingerprint density at radius 1 is 1.53 bits per heavy atom. The zero-order valence-electron chi connectivity index (χ0n) is 10.9. The number of aliphatic hydroxyl groups excluding tert-OH is 1. The smallest absolute Gasteiger partial charge is 0.272 e. The highest BCUT2D eigenvalue weighted by molar-refractivity contribution is 5.95. The van der Waals surface area contributed by atoms with Gasteiger partial charge in [-0.05, 0) is 19.9 Å². The van der Waals surface area contributed by atoms with Gasteiger partial charge in [-0.1, -0.05) is 0 Å². The summed E-state index contributed by atoms with van der Waals surface area (Å²) in [4.78, 5) is 23.0. The zero-order valence-corrected chi connectivity index (χ0v) is 10.9. The number of rotatable bonds is 4. The first-order valence-electron chi connectivity index (χ1n) is 5.53. The lowest BCUT2D eigenvalue weighted by atomic mass is 10.0. The van der Waals surface area contributed by atoms with Gasteiger partial charge in [0.25, 0.3) is 11.6 Å². The van der Waals surface area contributed by atoms with Crippen LogP contribution in [0.25, 0.3) is 0 Å². The molecule has 7 heteroatoms. The molecule has 1 aromatic carbocycles. The number of aliphatic hydroxyl groups is 1. The van der Waals surface area contributed by atoms with Crippen molar-refractivity contribution in [3.05, 3.63) is 39.7 Å². The summed E-state index contributed by atoms with van der Waals surface area (Å²) in [6.07, 6.45) is 0. The molecule has 0 aromatic heterocycles. The van der Waals surface area contributed by atoms with Gasteiger partial charge in [-0.2, -0.15) is 0 Å². The van der Waals surface area contributed by atoms with E-state index in [0.29, 0.717) is 6.07 Å². The molecule has 0 unspecified atom stereocenters. The standard InChI is InChI=1S/C12H15FN2O4/c1-12(2,7-16)14(3)11(17)9-5-4-8(15(18)19)6-10(9)13/h4-6,16H,7H2,1-3H3. The van der Waals surface area contributed by atoms with Crippen molar-refractivity contribution in [3.8, 4) is 0 Å². The molecule has 0 saturated heterocycles. The van der Waals surface area contributed by atoms with Crippen molar-refractivity contribution < 1.29 is 19.2 Å². The van der Waals surface area contributed by atoms with Crippen LogP contribution in [-0.2, 0) is 0 Å². The Bertz CT molecular complexity index is 516. The minimum atomic E-state index is -0.959. The Morgan fingerprint density at radius 2 is 2.11 bits per heavy atom. The minimum Gasteiger partial charge on any atom is -0.394 e. The summed E-state index contributed by atoms with van der Waals surface area (Å²) in [7, 11) is 1.43. The third kappa shape index (κ3) is 3.05. The maximum atomic E-state index is 13.7. The number of halogens is 1. The lowest BCUT2D eigenvalue weighted by molar-refractivity contribution is -0.385. The van der Waals surface area contributed by atoms with E-state index in [2.05, 4.69) is 0 Å². The van der Waals surface area contributed by atoms with Crippen molar-refractivity contribution in [2.75, 3.05) is 13.7 Å². The molecule has 104 valence electrons. The summed E-state index contributed by atoms with van der Waals surface area (Å²) in [6.45, 7) is 2.95. The van der Waals surface area contributed by atoms with Crippen LogP contribution in [0.15, 0.2) is 18.2 Å². The number of amides is 1. The number of hydrogen-bond acceptors (Lipinski definition) is 4. The molecule has 0 spiro atoms. The van der Waals surface area contributed by atoms with Crippen LogP contribution in [0.3, 0.4) is 0 Å². The van der Waals surface area contributed by atoms with Gasteiger partial charge in [-0.3, -0.25) is 14.9 Å². The Labute approximate surface area is 109 Å². The van der Waals surface area contributed by atoms with Crippen molar-refractivity contribution in [1.82, 2.24) is 4.90 Å². The summed E-state index contributed by atoms with van der Waals surface area (Å²) in [6, 6.07) is 2.84. The molecule has 0 radical (unpaired) electrons. The fourth-order valence-corrected chi connectivity index (χ4v) is 1.35. The molecule has 1 aromatic rings. The highest BCUT2D eigenvalue weighted by atomic mass is 19.1. The van der Waals surface area contributed by atoms with Gasteiger partial charge < -0.3 is 10.0 Å². The number of non-ortho nitro benzene ring substituents is 1. The molecule has 0 atom stereocenters. The predicted octanol–water partition coefficient (Wildman–Crippen LogP) is 1.58. The number of carbonyl (C=O) groups is 1. The molecule has 0 saturated carbocycles. The number of nitrogens with zero attached hydrogens (tertiary/aromatic N) is 2. The zero-order chi connectivity index (χ0) is 14.8. The summed E-state index contributed by atoms with van der Waals surface area (Å²) in [5.74, 6) is -1.61. The predicted molar refractivity (Wildman–Crippen MR) is 66.3 cm³/mol. The van der Waals surface area contributed by atoms with Crippen LogP contribution in [0.1, 0.15) is 24.2 Å². The molecule has 6 nitrogen and oxygen atoms in total. The normalized spacial score (nSPS) is 11.2. The van der Waals surface area contributed by atoms with Crippen LogP contribution in [0, 0.1) is 15.9 Å². The highest BCUT2D eigenvalue weighted by Crippen LogP contribution is 2.20. The van der Waals surface area contributed by atoms with Crippen molar-refractivity contribution >= 4 is 11.6 Å². The maximum absolute atomic E-state index is 13.7. The van der Waals surface area contributed by atoms with E-state index in [9.17, 15) is 19.3 Å². The average molecular weight is 270 g/mol. The lowest BCUT2D eigenvalue weighted by Crippen LogP contribution is -2.47. The largest absolute Gasteiger partial charge is 0.394 e. The first-order valence-corrected chi connectivity index (χ1v) is 5.53. The van der Waals surface area contributed by atoms with Crippen LogP contribution in [-0.4, -0.2) is 40.0 Å². The number of nitro groups is 1. The quantitative estimate of drug-likeness (QED) is 0.665. The molecule has 1 rings (SSSR count). The van der Waals surface area contributed by atoms with E-state index in [4.69, 9.17) is 5.11 Å². The van der Waals surface area contributed by atoms with Gasteiger partial charge in [-0.15, -0.1) is 0 Å². The van der Waals surface area contributed by atoms with E-state index in [1.165, 1.54) is 11.9 Å². The monoisotopic (exact) mass is 270 g/mol. The molecule has 0 aliphatic heterocycles. The Hall–Kier alpha value is -2.02. The molecular weight excluding hydrogens is 255 g/mol. The first kappa shape index (κ1) is 15.0. The molecular formula is C12H15FN2O4. The summed E-state index contributed by atoms with van der Waals surface area (Å²) in [5.41, 5.74) is -1.54. The summed E-state index contributed by atoms with van der Waals surface area (Å²) >= 11 is 0. The maximum Gasteiger partial charge on any atom is 0.272 e. The molecule has 0 fully saturated rings. The molecule has 19 heavy (non-hydrogen) atoms. The summed E-state index contributed by atoms with van der Waals surface area (Å²) in [5, 5.41) is 19.7. The van der Waals surface area contributed by atoms with E-state index < -0.39 is 27.9 Å². The van der Waals surface area contributed by atoms with Crippen molar-refractivity contribution in [3.63, 3.8) is 0 Å². The lowest BCUT2D eigenvalue weighted by Gasteiger charge is -2.34. The van der Waals surface area contributed by atoms with Gasteiger partial charge in [0.15, 0.2) is 0 Å². The highest BCUT2D eigenvalue weighted by Gasteiger charge is 2.29. The molecule has 1 N–H and O–H groups in total. The van der Waals surface area contributed by atoms with Crippen molar-refractivity contribution in [1.29, 1.82) is 0 Å². The Balaban J connectivity index is 3.11. The molecule has 0 aliphatic rings. The number of nitro benzene ring substituents is 1. The van der Waals surface area contributed by atoms with E-state index in [1.54, 1.807) is 13.8 Å². The van der Waals surface area contributed by atoms with Crippen LogP contribution < -0.4 is 0 Å². The second kappa shape index (κ2) is 5.31. The topological polar surface area (TPSA) is 83.7 Å². The number of likely N-dealkylation sites (N-methyl/N-ethyl adjacent to an activating group) is 1. The van der Waals surface area contributed by atoms with E-state index >= 15 is 0 Å². The van der Waals surface area contributed by atoms with E-state index in [1.807, 2.05) is 0 Å². The Kier molecular flexibility index (Phi) is 4.21. The van der Waals surface area contributed by atoms with Crippen LogP contribution in [0.4, 0.5) is 10.1 Å². The van der Waals surface area contributed by atoms with Crippen molar-refractivity contribution in [2.24, 2.45) is 0 Å². The van der Waals surface area contributed by atoms with Crippen LogP contribution >= 0.6 is 0 Å². The van der Waals surface area contributed by atoms with Gasteiger partial charge in [0, 0.05) is 13.1 Å². The first-order chi connectivity index (χ1) is 8.70. The fraction of sp³-hybridized carbons (Fsp3) is 0.417. The molecule has 0 aliphatic carbocycles.